The van der Waals surface area contributed by atoms with E-state index in [4.69, 9.17) is 19.8 Å². The van der Waals surface area contributed by atoms with Gasteiger partial charge in [-0.1, -0.05) is 72.8 Å². The van der Waals surface area contributed by atoms with Crippen LogP contribution in [0.2, 0.25) is 0 Å². The van der Waals surface area contributed by atoms with Crippen molar-refractivity contribution in [2.75, 3.05) is 0 Å². The third kappa shape index (κ3) is 36.3. The molecule has 6 N–H and O–H groups in total. The Balaban J connectivity index is 0. The molecule has 0 saturated heterocycles. The highest BCUT2D eigenvalue weighted by molar-refractivity contribution is 5.61. The Labute approximate surface area is 117 Å². The van der Waals surface area contributed by atoms with Gasteiger partial charge in [0.05, 0.1) is 0 Å². The zero-order chi connectivity index (χ0) is 15.6. The van der Waals surface area contributed by atoms with Gasteiger partial charge in [0, 0.05) is 0 Å². The van der Waals surface area contributed by atoms with Crippen LogP contribution in [0.3, 0.4) is 0 Å². The minimum absolute atomic E-state index is 1.33. The summed E-state index contributed by atoms with van der Waals surface area (Å²) in [5.41, 5.74) is 8.06. The molecule has 20 heavy (non-hydrogen) atoms. The van der Waals surface area contributed by atoms with Crippen LogP contribution in [0.25, 0.3) is 0 Å². The van der Waals surface area contributed by atoms with Crippen LogP contribution >= 0.6 is 0 Å². The van der Waals surface area contributed by atoms with Crippen LogP contribution in [0.4, 0.5) is 9.59 Å². The molecule has 0 spiro atoms. The summed E-state index contributed by atoms with van der Waals surface area (Å²) in [7, 11) is 0. The van der Waals surface area contributed by atoms with Gasteiger partial charge in [-0.15, -0.1) is 0 Å². The van der Waals surface area contributed by atoms with Crippen LogP contribution in [0.5, 0.6) is 0 Å². The highest BCUT2D eigenvalue weighted by atomic mass is 16.4. The van der Waals surface area contributed by atoms with Crippen molar-refractivity contribution in [2.45, 2.75) is 0 Å². The number of nitrogens with two attached hydrogens (primary N) is 2. The fourth-order valence-corrected chi connectivity index (χ4v) is 0.770. The molecule has 2 aromatic rings. The maximum atomic E-state index is 8.78. The zero-order valence-corrected chi connectivity index (χ0v) is 10.8. The van der Waals surface area contributed by atoms with Gasteiger partial charge in [-0.25, -0.2) is 9.59 Å². The van der Waals surface area contributed by atoms with Gasteiger partial charge in [-0.3, -0.25) is 0 Å². The number of carbonyl (C=O) groups is 2. The van der Waals surface area contributed by atoms with E-state index in [9.17, 15) is 0 Å². The van der Waals surface area contributed by atoms with E-state index < -0.39 is 12.2 Å². The van der Waals surface area contributed by atoms with E-state index in [2.05, 4.69) is 11.5 Å². The number of primary amides is 2. The lowest BCUT2D eigenvalue weighted by Gasteiger charge is -1.69. The van der Waals surface area contributed by atoms with Gasteiger partial charge >= 0.3 is 12.2 Å². The van der Waals surface area contributed by atoms with Crippen molar-refractivity contribution in [3.63, 3.8) is 0 Å². The Morgan fingerprint density at radius 3 is 0.600 bits per heavy atom. The fraction of sp³-hybridized carbons (Fsp3) is 0. The number of carboxylic acid groups (broad SMARTS) is 2. The molecule has 0 aliphatic heterocycles. The average Bonchev–Trinajstić information content (AvgIpc) is 2.42. The molecule has 0 fully saturated rings. The number of amides is 2. The molecule has 2 amide bonds. The van der Waals surface area contributed by atoms with Gasteiger partial charge in [-0.05, 0) is 0 Å². The van der Waals surface area contributed by atoms with E-state index >= 15 is 0 Å². The van der Waals surface area contributed by atoms with Gasteiger partial charge in [0.2, 0.25) is 0 Å². The van der Waals surface area contributed by atoms with Gasteiger partial charge in [0.25, 0.3) is 0 Å². The Morgan fingerprint density at radius 1 is 0.500 bits per heavy atom. The number of rotatable bonds is 0. The van der Waals surface area contributed by atoms with Crippen LogP contribution in [-0.4, -0.2) is 22.4 Å². The lowest BCUT2D eigenvalue weighted by Crippen LogP contribution is -2.03. The van der Waals surface area contributed by atoms with Crippen molar-refractivity contribution in [3.05, 3.63) is 72.8 Å². The molecule has 0 aliphatic carbocycles. The van der Waals surface area contributed by atoms with E-state index in [0.717, 1.165) is 0 Å². The lowest BCUT2D eigenvalue weighted by molar-refractivity contribution is 0.204. The predicted molar refractivity (Wildman–Crippen MR) is 77.3 cm³/mol. The predicted octanol–water partition coefficient (Wildman–Crippen LogP) is 2.62. The quantitative estimate of drug-likeness (QED) is 0.590. The van der Waals surface area contributed by atoms with Crippen molar-refractivity contribution in [1.29, 1.82) is 0 Å². The fourth-order valence-electron chi connectivity index (χ4n) is 0.770. The Kier molecular flexibility index (Phi) is 15.4. The van der Waals surface area contributed by atoms with Crippen molar-refractivity contribution in [3.8, 4) is 0 Å². The molecular weight excluding hydrogens is 260 g/mol. The van der Waals surface area contributed by atoms with E-state index in [1.165, 1.54) is 0 Å². The van der Waals surface area contributed by atoms with Gasteiger partial charge in [0.1, 0.15) is 0 Å². The van der Waals surface area contributed by atoms with Crippen molar-refractivity contribution in [2.24, 2.45) is 11.5 Å². The molecule has 0 atom stereocenters. The maximum Gasteiger partial charge on any atom is 0.402 e. The molecule has 0 saturated carbocycles. The second-order valence-corrected chi connectivity index (χ2v) is 2.99. The normalized spacial score (nSPS) is 7.20. The summed E-state index contributed by atoms with van der Waals surface area (Å²) >= 11 is 0. The molecule has 0 heterocycles. The highest BCUT2D eigenvalue weighted by Gasteiger charge is 1.65. The first kappa shape index (κ1) is 19.3. The minimum Gasteiger partial charge on any atom is -0.465 e. The highest BCUT2D eigenvalue weighted by Crippen LogP contribution is 1.80. The second kappa shape index (κ2) is 16.0. The molecule has 0 aromatic heterocycles. The molecule has 0 aliphatic rings. The Bertz CT molecular complexity index is 331. The molecule has 6 nitrogen and oxygen atoms in total. The molecule has 2 aromatic carbocycles. The van der Waals surface area contributed by atoms with Gasteiger partial charge < -0.3 is 21.7 Å². The van der Waals surface area contributed by atoms with Gasteiger partial charge in [0.15, 0.2) is 0 Å². The number of hydrogen-bond donors (Lipinski definition) is 4. The first-order valence-corrected chi connectivity index (χ1v) is 5.43. The molecule has 2 rings (SSSR count). The minimum atomic E-state index is -1.33. The molecule has 6 heteroatoms. The molecule has 0 unspecified atom stereocenters. The van der Waals surface area contributed by atoms with Crippen LogP contribution in [0, 0.1) is 0 Å². The van der Waals surface area contributed by atoms with E-state index in [1.54, 1.807) is 0 Å². The third-order valence-corrected chi connectivity index (χ3v) is 1.33. The van der Waals surface area contributed by atoms with Crippen LogP contribution < -0.4 is 11.5 Å². The smallest absolute Gasteiger partial charge is 0.402 e. The second-order valence-electron chi connectivity index (χ2n) is 2.99. The summed E-state index contributed by atoms with van der Waals surface area (Å²) in [4.78, 5) is 17.6. The summed E-state index contributed by atoms with van der Waals surface area (Å²) in [6, 6.07) is 24.0. The summed E-state index contributed by atoms with van der Waals surface area (Å²) in [6.45, 7) is 0. The zero-order valence-electron chi connectivity index (χ0n) is 10.8. The van der Waals surface area contributed by atoms with Crippen LogP contribution in [-0.2, 0) is 0 Å². The summed E-state index contributed by atoms with van der Waals surface area (Å²) in [6.07, 6.45) is -2.67. The summed E-state index contributed by atoms with van der Waals surface area (Å²) in [5, 5.41) is 14.4. The van der Waals surface area contributed by atoms with Crippen molar-refractivity contribution >= 4 is 12.2 Å². The number of benzene rings is 2. The Hall–Kier alpha value is -3.02. The van der Waals surface area contributed by atoms with E-state index in [1.807, 2.05) is 72.8 Å². The largest absolute Gasteiger partial charge is 0.465 e. The van der Waals surface area contributed by atoms with Crippen LogP contribution in [0.1, 0.15) is 0 Å². The standard InChI is InChI=1S/2C6H6.2CH3NO2/c2*1-2-4-6-5-3-1;2*2-1(3)4/h2*1-6H;2*2H2,(H,3,4). The topological polar surface area (TPSA) is 127 Å². The maximum absolute atomic E-state index is 8.78. The van der Waals surface area contributed by atoms with Crippen LogP contribution in [0.15, 0.2) is 72.8 Å². The monoisotopic (exact) mass is 278 g/mol. The molecule has 0 bridgehead atoms. The summed E-state index contributed by atoms with van der Waals surface area (Å²) < 4.78 is 0. The SMILES string of the molecule is NC(=O)O.NC(=O)O.c1ccccc1.c1ccccc1. The molecule has 0 radical (unpaired) electrons. The first-order chi connectivity index (χ1) is 9.46. The van der Waals surface area contributed by atoms with E-state index in [-0.39, 0.29) is 0 Å². The third-order valence-electron chi connectivity index (χ3n) is 1.33. The molecule has 108 valence electrons. The molecular formula is C14H18N2O4. The summed E-state index contributed by atoms with van der Waals surface area (Å²) in [5.74, 6) is 0. The Morgan fingerprint density at radius 2 is 0.550 bits per heavy atom. The average molecular weight is 278 g/mol. The first-order valence-electron chi connectivity index (χ1n) is 5.43. The van der Waals surface area contributed by atoms with E-state index in [0.29, 0.717) is 0 Å². The lowest BCUT2D eigenvalue weighted by atomic mass is 10.4. The number of hydrogen-bond acceptors (Lipinski definition) is 2. The van der Waals surface area contributed by atoms with Crippen molar-refractivity contribution < 1.29 is 19.8 Å². The van der Waals surface area contributed by atoms with Crippen molar-refractivity contribution in [1.82, 2.24) is 0 Å². The van der Waals surface area contributed by atoms with Gasteiger partial charge in [-0.2, -0.15) is 0 Å².